The minimum atomic E-state index is -2.84. The fraction of sp³-hybridized carbons (Fsp3) is 0.538. The number of halogens is 2. The molecule has 0 aromatic heterocycles. The first-order chi connectivity index (χ1) is 8.31. The summed E-state index contributed by atoms with van der Waals surface area (Å²) >= 11 is 0. The van der Waals surface area contributed by atoms with Crippen LogP contribution >= 0.6 is 0 Å². The van der Waals surface area contributed by atoms with E-state index in [-0.39, 0.29) is 11.2 Å². The van der Waals surface area contributed by atoms with Gasteiger partial charge in [-0.2, -0.15) is 8.78 Å². The maximum absolute atomic E-state index is 12.3. The van der Waals surface area contributed by atoms with Gasteiger partial charge >= 0.3 is 6.61 Å². The van der Waals surface area contributed by atoms with Crippen LogP contribution in [0.1, 0.15) is 20.8 Å². The molecule has 0 atom stereocenters. The first kappa shape index (κ1) is 14.5. The van der Waals surface area contributed by atoms with Crippen molar-refractivity contribution >= 4 is 5.69 Å². The summed E-state index contributed by atoms with van der Waals surface area (Å²) in [6.07, 6.45) is 0. The molecule has 0 radical (unpaired) electrons. The number of anilines is 1. The summed E-state index contributed by atoms with van der Waals surface area (Å²) in [4.78, 5) is 0. The minimum Gasteiger partial charge on any atom is -0.497 e. The molecule has 0 heterocycles. The molecule has 5 heteroatoms. The van der Waals surface area contributed by atoms with Crippen molar-refractivity contribution in [1.29, 1.82) is 0 Å². The van der Waals surface area contributed by atoms with E-state index in [1.54, 1.807) is 12.1 Å². The number of nitrogens with one attached hydrogen (secondary N) is 1. The van der Waals surface area contributed by atoms with E-state index in [0.717, 1.165) is 0 Å². The van der Waals surface area contributed by atoms with Crippen LogP contribution in [-0.4, -0.2) is 20.3 Å². The van der Waals surface area contributed by atoms with Gasteiger partial charge in [0.25, 0.3) is 0 Å². The van der Waals surface area contributed by atoms with Gasteiger partial charge < -0.3 is 14.8 Å². The molecule has 0 saturated heterocycles. The highest BCUT2D eigenvalue weighted by Gasteiger charge is 2.14. The number of ether oxygens (including phenoxy) is 2. The zero-order valence-corrected chi connectivity index (χ0v) is 11.1. The van der Waals surface area contributed by atoms with Gasteiger partial charge in [0.1, 0.15) is 11.5 Å². The highest BCUT2D eigenvalue weighted by molar-refractivity contribution is 5.59. The van der Waals surface area contributed by atoms with Crippen molar-refractivity contribution in [3.8, 4) is 11.5 Å². The number of rotatable bonds is 5. The van der Waals surface area contributed by atoms with Crippen molar-refractivity contribution in [2.75, 3.05) is 19.0 Å². The summed E-state index contributed by atoms with van der Waals surface area (Å²) < 4.78 is 34.1. The lowest BCUT2D eigenvalue weighted by molar-refractivity contribution is -0.0494. The highest BCUT2D eigenvalue weighted by atomic mass is 19.3. The summed E-state index contributed by atoms with van der Waals surface area (Å²) in [5, 5.41) is 3.09. The molecule has 0 spiro atoms. The van der Waals surface area contributed by atoms with Crippen molar-refractivity contribution in [2.24, 2.45) is 5.41 Å². The normalized spacial score (nSPS) is 11.5. The van der Waals surface area contributed by atoms with Gasteiger partial charge in [0, 0.05) is 12.6 Å². The minimum absolute atomic E-state index is 0.0329. The van der Waals surface area contributed by atoms with E-state index >= 15 is 0 Å². The molecule has 0 aliphatic rings. The average molecular weight is 259 g/mol. The number of hydrogen-bond acceptors (Lipinski definition) is 3. The molecule has 1 aromatic rings. The molecule has 0 fully saturated rings. The van der Waals surface area contributed by atoms with Gasteiger partial charge in [-0.05, 0) is 17.5 Å². The van der Waals surface area contributed by atoms with Crippen LogP contribution in [0.15, 0.2) is 18.2 Å². The number of methoxy groups -OCH3 is 1. The monoisotopic (exact) mass is 259 g/mol. The largest absolute Gasteiger partial charge is 0.497 e. The summed E-state index contributed by atoms with van der Waals surface area (Å²) in [5.41, 5.74) is 0.537. The number of hydrogen-bond donors (Lipinski definition) is 1. The van der Waals surface area contributed by atoms with Crippen molar-refractivity contribution in [3.63, 3.8) is 0 Å². The summed E-state index contributed by atoms with van der Waals surface area (Å²) in [5.74, 6) is 0.711. The van der Waals surface area contributed by atoms with E-state index in [1.807, 2.05) is 20.8 Å². The Hall–Kier alpha value is -1.52. The highest BCUT2D eigenvalue weighted by Crippen LogP contribution is 2.31. The third kappa shape index (κ3) is 4.77. The molecule has 3 nitrogen and oxygen atoms in total. The van der Waals surface area contributed by atoms with E-state index in [4.69, 9.17) is 4.74 Å². The SMILES string of the molecule is COc1ccc(OC(F)F)c(NCC(C)(C)C)c1. The van der Waals surface area contributed by atoms with Crippen LogP contribution in [0, 0.1) is 5.41 Å². The number of benzene rings is 1. The van der Waals surface area contributed by atoms with Gasteiger partial charge in [-0.1, -0.05) is 20.8 Å². The molecule has 102 valence electrons. The Bertz CT molecular complexity index is 389. The van der Waals surface area contributed by atoms with Gasteiger partial charge in [-0.25, -0.2) is 0 Å². The van der Waals surface area contributed by atoms with Gasteiger partial charge in [0.2, 0.25) is 0 Å². The molecule has 0 saturated carbocycles. The lowest BCUT2D eigenvalue weighted by Gasteiger charge is -2.21. The Morgan fingerprint density at radius 3 is 2.44 bits per heavy atom. The summed E-state index contributed by atoms with van der Waals surface area (Å²) in [6.45, 7) is 3.95. The lowest BCUT2D eigenvalue weighted by Crippen LogP contribution is -2.19. The van der Waals surface area contributed by atoms with E-state index in [9.17, 15) is 8.78 Å². The Kier molecular flexibility index (Phi) is 4.76. The fourth-order valence-corrected chi connectivity index (χ4v) is 1.33. The van der Waals surface area contributed by atoms with Crippen molar-refractivity contribution in [2.45, 2.75) is 27.4 Å². The third-order valence-corrected chi connectivity index (χ3v) is 2.21. The quantitative estimate of drug-likeness (QED) is 0.873. The predicted molar refractivity (Wildman–Crippen MR) is 67.6 cm³/mol. The van der Waals surface area contributed by atoms with E-state index in [2.05, 4.69) is 10.1 Å². The first-order valence-electron chi connectivity index (χ1n) is 5.68. The first-order valence-corrected chi connectivity index (χ1v) is 5.68. The molecule has 18 heavy (non-hydrogen) atoms. The zero-order valence-electron chi connectivity index (χ0n) is 11.1. The maximum atomic E-state index is 12.3. The Balaban J connectivity index is 2.89. The molecule has 1 aromatic carbocycles. The van der Waals surface area contributed by atoms with Gasteiger partial charge in [-0.3, -0.25) is 0 Å². The second-order valence-electron chi connectivity index (χ2n) is 5.15. The van der Waals surface area contributed by atoms with Crippen LogP contribution in [-0.2, 0) is 0 Å². The smallest absolute Gasteiger partial charge is 0.387 e. The third-order valence-electron chi connectivity index (χ3n) is 2.21. The molecule has 0 bridgehead atoms. The molecule has 0 aliphatic heterocycles. The maximum Gasteiger partial charge on any atom is 0.387 e. The van der Waals surface area contributed by atoms with Crippen LogP contribution < -0.4 is 14.8 Å². The van der Waals surface area contributed by atoms with Crippen LogP contribution in [0.25, 0.3) is 0 Å². The van der Waals surface area contributed by atoms with E-state index < -0.39 is 6.61 Å². The van der Waals surface area contributed by atoms with Crippen molar-refractivity contribution < 1.29 is 18.3 Å². The van der Waals surface area contributed by atoms with Gasteiger partial charge in [-0.15, -0.1) is 0 Å². The second-order valence-corrected chi connectivity index (χ2v) is 5.15. The Morgan fingerprint density at radius 1 is 1.28 bits per heavy atom. The average Bonchev–Trinajstić information content (AvgIpc) is 2.26. The summed E-state index contributed by atoms with van der Waals surface area (Å²) in [6, 6.07) is 4.69. The van der Waals surface area contributed by atoms with Crippen LogP contribution in [0.5, 0.6) is 11.5 Å². The van der Waals surface area contributed by atoms with E-state index in [0.29, 0.717) is 18.0 Å². The van der Waals surface area contributed by atoms with Crippen molar-refractivity contribution in [3.05, 3.63) is 18.2 Å². The van der Waals surface area contributed by atoms with Crippen LogP contribution in [0.2, 0.25) is 0 Å². The van der Waals surface area contributed by atoms with Gasteiger partial charge in [0.15, 0.2) is 0 Å². The van der Waals surface area contributed by atoms with Crippen molar-refractivity contribution in [1.82, 2.24) is 0 Å². The molecule has 0 unspecified atom stereocenters. The zero-order chi connectivity index (χ0) is 13.8. The molecular weight excluding hydrogens is 240 g/mol. The lowest BCUT2D eigenvalue weighted by atomic mass is 9.97. The summed E-state index contributed by atoms with van der Waals surface area (Å²) in [7, 11) is 1.52. The molecule has 0 amide bonds. The number of alkyl halides is 2. The van der Waals surface area contributed by atoms with E-state index in [1.165, 1.54) is 13.2 Å². The topological polar surface area (TPSA) is 30.5 Å². The standard InChI is InChI=1S/C13H19F2NO2/c1-13(2,3)8-16-10-7-9(17-4)5-6-11(10)18-12(14)15/h5-7,12,16H,8H2,1-4H3. The second kappa shape index (κ2) is 5.89. The Morgan fingerprint density at radius 2 is 1.94 bits per heavy atom. The molecule has 1 rings (SSSR count). The molecule has 0 aliphatic carbocycles. The van der Waals surface area contributed by atoms with Gasteiger partial charge in [0.05, 0.1) is 12.8 Å². The van der Waals surface area contributed by atoms with Crippen LogP contribution in [0.3, 0.4) is 0 Å². The molecular formula is C13H19F2NO2. The predicted octanol–water partition coefficient (Wildman–Crippen LogP) is 3.75. The fourth-order valence-electron chi connectivity index (χ4n) is 1.33. The van der Waals surface area contributed by atoms with Crippen LogP contribution in [0.4, 0.5) is 14.5 Å². The Labute approximate surface area is 106 Å². The molecule has 1 N–H and O–H groups in total.